The molecule has 5 nitrogen and oxygen atoms in total. The highest BCUT2D eigenvalue weighted by Gasteiger charge is 2.18. The lowest BCUT2D eigenvalue weighted by molar-refractivity contribution is -0.119. The van der Waals surface area contributed by atoms with Crippen molar-refractivity contribution in [3.63, 3.8) is 0 Å². The maximum absolute atomic E-state index is 11.8. The van der Waals surface area contributed by atoms with Crippen LogP contribution in [0.2, 0.25) is 0 Å². The number of hydrogen-bond acceptors (Lipinski definition) is 4. The Balaban J connectivity index is 2.77. The Morgan fingerprint density at radius 1 is 1.59 bits per heavy atom. The SMILES string of the molecule is CCOc1ncccc1NC(=O)C(C)C(C)N. The van der Waals surface area contributed by atoms with Crippen LogP contribution in [0.5, 0.6) is 5.88 Å². The van der Waals surface area contributed by atoms with Gasteiger partial charge < -0.3 is 15.8 Å². The number of aromatic nitrogens is 1. The first-order valence-electron chi connectivity index (χ1n) is 5.70. The normalized spacial score (nSPS) is 13.9. The summed E-state index contributed by atoms with van der Waals surface area (Å²) in [5.74, 6) is 0.0406. The Morgan fingerprint density at radius 2 is 2.29 bits per heavy atom. The van der Waals surface area contributed by atoms with E-state index in [4.69, 9.17) is 10.5 Å². The van der Waals surface area contributed by atoms with Crippen molar-refractivity contribution in [1.82, 2.24) is 4.98 Å². The van der Waals surface area contributed by atoms with Crippen molar-refractivity contribution in [2.75, 3.05) is 11.9 Å². The molecule has 0 radical (unpaired) electrons. The summed E-state index contributed by atoms with van der Waals surface area (Å²) in [6, 6.07) is 3.31. The van der Waals surface area contributed by atoms with E-state index < -0.39 is 0 Å². The number of nitrogens with two attached hydrogens (primary N) is 1. The lowest BCUT2D eigenvalue weighted by Gasteiger charge is -2.16. The molecule has 1 aromatic heterocycles. The molecule has 1 amide bonds. The van der Waals surface area contributed by atoms with Gasteiger partial charge in [-0.1, -0.05) is 6.92 Å². The predicted molar refractivity (Wildman–Crippen MR) is 66.8 cm³/mol. The minimum atomic E-state index is -0.260. The monoisotopic (exact) mass is 237 g/mol. The predicted octanol–water partition coefficient (Wildman–Crippen LogP) is 1.40. The smallest absolute Gasteiger partial charge is 0.237 e. The molecule has 2 atom stereocenters. The van der Waals surface area contributed by atoms with Crippen LogP contribution in [0, 0.1) is 5.92 Å². The van der Waals surface area contributed by atoms with E-state index in [2.05, 4.69) is 10.3 Å². The number of anilines is 1. The number of rotatable bonds is 5. The van der Waals surface area contributed by atoms with Gasteiger partial charge in [0, 0.05) is 12.2 Å². The van der Waals surface area contributed by atoms with Crippen LogP contribution in [-0.4, -0.2) is 23.5 Å². The van der Waals surface area contributed by atoms with E-state index in [9.17, 15) is 4.79 Å². The molecule has 3 N–H and O–H groups in total. The van der Waals surface area contributed by atoms with E-state index in [0.717, 1.165) is 0 Å². The van der Waals surface area contributed by atoms with Crippen LogP contribution in [-0.2, 0) is 4.79 Å². The Kier molecular flexibility index (Phi) is 4.90. The van der Waals surface area contributed by atoms with Crippen molar-refractivity contribution in [2.24, 2.45) is 11.7 Å². The standard InChI is InChI=1S/C12H19N3O2/c1-4-17-12-10(6-5-7-14-12)15-11(16)8(2)9(3)13/h5-9H,4,13H2,1-3H3,(H,15,16). The molecule has 0 saturated carbocycles. The zero-order valence-corrected chi connectivity index (χ0v) is 10.4. The minimum Gasteiger partial charge on any atom is -0.476 e. The molecule has 5 heteroatoms. The minimum absolute atomic E-state index is 0.131. The zero-order chi connectivity index (χ0) is 12.8. The van der Waals surface area contributed by atoms with E-state index in [0.29, 0.717) is 18.2 Å². The van der Waals surface area contributed by atoms with Gasteiger partial charge in [0.2, 0.25) is 11.8 Å². The topological polar surface area (TPSA) is 77.2 Å². The zero-order valence-electron chi connectivity index (χ0n) is 10.4. The van der Waals surface area contributed by atoms with Crippen LogP contribution in [0.4, 0.5) is 5.69 Å². The van der Waals surface area contributed by atoms with E-state index in [1.165, 1.54) is 0 Å². The van der Waals surface area contributed by atoms with Gasteiger partial charge in [-0.3, -0.25) is 4.79 Å². The first-order chi connectivity index (χ1) is 8.06. The number of nitrogens with zero attached hydrogens (tertiary/aromatic N) is 1. The van der Waals surface area contributed by atoms with E-state index in [1.54, 1.807) is 32.2 Å². The average molecular weight is 237 g/mol. The van der Waals surface area contributed by atoms with Crippen molar-refractivity contribution in [3.05, 3.63) is 18.3 Å². The fraction of sp³-hybridized carbons (Fsp3) is 0.500. The summed E-state index contributed by atoms with van der Waals surface area (Å²) in [6.07, 6.45) is 1.62. The maximum Gasteiger partial charge on any atom is 0.237 e. The largest absolute Gasteiger partial charge is 0.476 e. The van der Waals surface area contributed by atoms with Crippen LogP contribution < -0.4 is 15.8 Å². The van der Waals surface area contributed by atoms with Crippen LogP contribution >= 0.6 is 0 Å². The Hall–Kier alpha value is -1.62. The number of ether oxygens (including phenoxy) is 1. The van der Waals surface area contributed by atoms with Gasteiger partial charge in [-0.25, -0.2) is 4.98 Å². The van der Waals surface area contributed by atoms with Gasteiger partial charge in [0.1, 0.15) is 5.69 Å². The third-order valence-electron chi connectivity index (χ3n) is 2.51. The summed E-state index contributed by atoms with van der Waals surface area (Å²) >= 11 is 0. The third-order valence-corrected chi connectivity index (χ3v) is 2.51. The molecule has 0 bridgehead atoms. The molecular formula is C12H19N3O2. The van der Waals surface area contributed by atoms with Crippen molar-refractivity contribution < 1.29 is 9.53 Å². The summed E-state index contributed by atoms with van der Waals surface area (Å²) in [6.45, 7) is 5.96. The van der Waals surface area contributed by atoms with Gasteiger partial charge in [0.05, 0.1) is 12.5 Å². The van der Waals surface area contributed by atoms with Crippen LogP contribution in [0.3, 0.4) is 0 Å². The first-order valence-corrected chi connectivity index (χ1v) is 5.70. The van der Waals surface area contributed by atoms with Gasteiger partial charge in [-0.15, -0.1) is 0 Å². The van der Waals surface area contributed by atoms with Gasteiger partial charge in [-0.05, 0) is 26.0 Å². The third kappa shape index (κ3) is 3.71. The summed E-state index contributed by atoms with van der Waals surface area (Å²) in [5.41, 5.74) is 6.26. The number of amides is 1. The lowest BCUT2D eigenvalue weighted by Crippen LogP contribution is -2.34. The number of nitrogens with one attached hydrogen (secondary N) is 1. The molecule has 1 aromatic rings. The first kappa shape index (κ1) is 13.4. The lowest BCUT2D eigenvalue weighted by atomic mass is 10.0. The maximum atomic E-state index is 11.8. The number of carbonyl (C=O) groups is 1. The van der Waals surface area contributed by atoms with Crippen molar-refractivity contribution in [3.8, 4) is 5.88 Å². The van der Waals surface area contributed by atoms with E-state index in [1.807, 2.05) is 6.92 Å². The van der Waals surface area contributed by atoms with Crippen molar-refractivity contribution in [2.45, 2.75) is 26.8 Å². The molecule has 2 unspecified atom stereocenters. The molecule has 0 saturated heterocycles. The molecule has 1 heterocycles. The van der Waals surface area contributed by atoms with Gasteiger partial charge in [-0.2, -0.15) is 0 Å². The van der Waals surface area contributed by atoms with Crippen molar-refractivity contribution in [1.29, 1.82) is 0 Å². The highest BCUT2D eigenvalue weighted by atomic mass is 16.5. The fourth-order valence-corrected chi connectivity index (χ4v) is 1.22. The van der Waals surface area contributed by atoms with Crippen LogP contribution in [0.15, 0.2) is 18.3 Å². The second-order valence-electron chi connectivity index (χ2n) is 3.93. The molecule has 0 aromatic carbocycles. The van der Waals surface area contributed by atoms with E-state index >= 15 is 0 Å². The average Bonchev–Trinajstić information content (AvgIpc) is 2.30. The van der Waals surface area contributed by atoms with Crippen molar-refractivity contribution >= 4 is 11.6 Å². The van der Waals surface area contributed by atoms with Gasteiger partial charge in [0.25, 0.3) is 0 Å². The number of hydrogen-bond donors (Lipinski definition) is 2. The second-order valence-corrected chi connectivity index (χ2v) is 3.93. The van der Waals surface area contributed by atoms with Gasteiger partial charge in [0.15, 0.2) is 0 Å². The Bertz CT molecular complexity index is 380. The fourth-order valence-electron chi connectivity index (χ4n) is 1.22. The Morgan fingerprint density at radius 3 is 2.88 bits per heavy atom. The molecule has 0 aliphatic heterocycles. The number of pyridine rings is 1. The van der Waals surface area contributed by atoms with Crippen LogP contribution in [0.1, 0.15) is 20.8 Å². The van der Waals surface area contributed by atoms with Crippen LogP contribution in [0.25, 0.3) is 0 Å². The summed E-state index contributed by atoms with van der Waals surface area (Å²) < 4.78 is 5.32. The Labute approximate surface area is 101 Å². The number of carbonyl (C=O) groups excluding carboxylic acids is 1. The summed E-state index contributed by atoms with van der Waals surface area (Å²) in [7, 11) is 0. The summed E-state index contributed by atoms with van der Waals surface area (Å²) in [5, 5.41) is 2.77. The molecule has 17 heavy (non-hydrogen) atoms. The molecule has 0 spiro atoms. The van der Waals surface area contributed by atoms with E-state index in [-0.39, 0.29) is 17.9 Å². The molecular weight excluding hydrogens is 218 g/mol. The molecule has 1 rings (SSSR count). The molecule has 0 aliphatic carbocycles. The van der Waals surface area contributed by atoms with Gasteiger partial charge >= 0.3 is 0 Å². The second kappa shape index (κ2) is 6.20. The highest BCUT2D eigenvalue weighted by molar-refractivity contribution is 5.93. The molecule has 94 valence electrons. The highest BCUT2D eigenvalue weighted by Crippen LogP contribution is 2.21. The molecule has 0 fully saturated rings. The summed E-state index contributed by atoms with van der Waals surface area (Å²) in [4.78, 5) is 15.9. The quantitative estimate of drug-likeness (QED) is 0.811. The molecule has 0 aliphatic rings.